The van der Waals surface area contributed by atoms with Crippen molar-refractivity contribution in [1.29, 1.82) is 0 Å². The molecule has 19 nitrogen and oxygen atoms in total. The lowest BCUT2D eigenvalue weighted by atomic mass is 9.72. The molecule has 5 aliphatic rings. The van der Waals surface area contributed by atoms with E-state index in [1.807, 2.05) is 42.5 Å². The van der Waals surface area contributed by atoms with E-state index in [0.29, 0.717) is 64.1 Å². The molecule has 4 saturated heterocycles. The third kappa shape index (κ3) is 9.21. The van der Waals surface area contributed by atoms with E-state index in [1.165, 1.54) is 12.3 Å². The van der Waals surface area contributed by atoms with Crippen molar-refractivity contribution in [2.24, 2.45) is 12.5 Å². The number of imide groups is 2. The number of carbonyl (C=O) groups is 4. The third-order valence-electron chi connectivity index (χ3n) is 15.4. The Morgan fingerprint density at radius 2 is 1.59 bits per heavy atom. The van der Waals surface area contributed by atoms with Crippen LogP contribution in [-0.4, -0.2) is 135 Å². The lowest BCUT2D eigenvalue weighted by Crippen LogP contribution is -2.54. The van der Waals surface area contributed by atoms with Crippen molar-refractivity contribution in [1.82, 2.24) is 44.8 Å². The number of nitrogens with one attached hydrogen (secondary N) is 3. The molecular weight excluding hydrogens is 988 g/mol. The molecular formula is C52H56ClFN13O6P. The lowest BCUT2D eigenvalue weighted by Gasteiger charge is -2.50. The van der Waals surface area contributed by atoms with E-state index >= 15 is 4.39 Å². The van der Waals surface area contributed by atoms with Gasteiger partial charge in [0.25, 0.3) is 11.8 Å². The number of aryl methyl sites for hydroxylation is 1. The fourth-order valence-electron chi connectivity index (χ4n) is 11.7. The summed E-state index contributed by atoms with van der Waals surface area (Å²) >= 11 is 6.68. The number of rotatable bonds is 11. The standard InChI is InChI=1S/C52H56ClFN13O6P/c1-63-28-30(26-58-63)32-23-39(60-51-57-27-35(53)47(62-51)59-38-7-6-37-45(56-16-15-55-37)46(38)74(3,4)72)43(73-2)25-41(32)65-18-10-31(11-19-65)64-20-13-52(14-21-64)12-5-17-66(29-52)42-24-34-33(22-36(42)54)49(70)67(50(34)71)40-8-9-44(68)61-48(40)69/h6-7,15-16,22-28,31,40H,5,8-14,17-21,29H2,1-4H3,(H,61,68,69)(H2,57,59,60,62)/t40-/m0/s1. The van der Waals surface area contributed by atoms with Gasteiger partial charge in [-0.15, -0.1) is 0 Å². The second-order valence-corrected chi connectivity index (χ2v) is 24.0. The molecule has 22 heteroatoms. The van der Waals surface area contributed by atoms with Crippen LogP contribution in [0.25, 0.3) is 22.2 Å². The molecule has 3 aromatic carbocycles. The van der Waals surface area contributed by atoms with Crippen LogP contribution in [0.4, 0.5) is 38.9 Å². The van der Waals surface area contributed by atoms with Gasteiger partial charge in [0.15, 0.2) is 5.82 Å². The number of nitrogens with zero attached hydrogens (tertiary/aromatic N) is 10. The summed E-state index contributed by atoms with van der Waals surface area (Å²) < 4.78 is 37.4. The van der Waals surface area contributed by atoms with Crippen molar-refractivity contribution in [2.45, 2.75) is 63.5 Å². The van der Waals surface area contributed by atoms with Gasteiger partial charge in [0.1, 0.15) is 35.3 Å². The van der Waals surface area contributed by atoms with Gasteiger partial charge in [0.2, 0.25) is 17.8 Å². The van der Waals surface area contributed by atoms with Gasteiger partial charge >= 0.3 is 0 Å². The highest BCUT2D eigenvalue weighted by Gasteiger charge is 2.46. The van der Waals surface area contributed by atoms with Crippen LogP contribution in [0.5, 0.6) is 5.75 Å². The predicted molar refractivity (Wildman–Crippen MR) is 280 cm³/mol. The molecule has 0 aliphatic carbocycles. The van der Waals surface area contributed by atoms with Gasteiger partial charge < -0.3 is 34.6 Å². The number of fused-ring (bicyclic) bond motifs is 2. The number of hydrogen-bond acceptors (Lipinski definition) is 16. The molecule has 3 aromatic heterocycles. The number of ether oxygens (including phenoxy) is 1. The summed E-state index contributed by atoms with van der Waals surface area (Å²) in [6, 6.07) is 9.60. The molecule has 0 unspecified atom stereocenters. The molecule has 384 valence electrons. The molecule has 8 heterocycles. The zero-order valence-electron chi connectivity index (χ0n) is 41.5. The van der Waals surface area contributed by atoms with Crippen molar-refractivity contribution < 1.29 is 32.9 Å². The molecule has 0 bridgehead atoms. The fraction of sp³-hybridized carbons (Fsp3) is 0.404. The number of hydrogen-bond donors (Lipinski definition) is 3. The number of anilines is 6. The Bertz CT molecular complexity index is 3320. The summed E-state index contributed by atoms with van der Waals surface area (Å²) in [6.45, 7) is 8.15. The number of carbonyl (C=O) groups excluding carboxylic acids is 4. The molecule has 3 N–H and O–H groups in total. The number of piperidine rings is 4. The summed E-state index contributed by atoms with van der Waals surface area (Å²) in [4.78, 5) is 77.5. The second-order valence-electron chi connectivity index (χ2n) is 20.4. The molecule has 6 aromatic rings. The van der Waals surface area contributed by atoms with Crippen LogP contribution in [0.15, 0.2) is 67.4 Å². The highest BCUT2D eigenvalue weighted by Crippen LogP contribution is 2.46. The zero-order valence-corrected chi connectivity index (χ0v) is 43.2. The maximum atomic E-state index is 16.0. The number of aromatic nitrogens is 6. The van der Waals surface area contributed by atoms with Crippen LogP contribution < -0.4 is 35.8 Å². The predicted octanol–water partition coefficient (Wildman–Crippen LogP) is 7.11. The first-order valence-electron chi connectivity index (χ1n) is 24.9. The summed E-state index contributed by atoms with van der Waals surface area (Å²) in [5, 5.41) is 14.2. The Morgan fingerprint density at radius 1 is 0.838 bits per heavy atom. The quantitative estimate of drug-likeness (QED) is 0.0871. The van der Waals surface area contributed by atoms with Gasteiger partial charge in [-0.2, -0.15) is 10.1 Å². The smallest absolute Gasteiger partial charge is 0.262 e. The van der Waals surface area contributed by atoms with Crippen LogP contribution in [0.1, 0.15) is 72.1 Å². The van der Waals surface area contributed by atoms with Crippen LogP contribution in [0.3, 0.4) is 0 Å². The first kappa shape index (κ1) is 49.2. The van der Waals surface area contributed by atoms with E-state index in [2.05, 4.69) is 45.8 Å². The van der Waals surface area contributed by atoms with Crippen molar-refractivity contribution in [3.05, 3.63) is 89.3 Å². The number of likely N-dealkylation sites (tertiary alicyclic amines) is 1. The monoisotopic (exact) mass is 1040 g/mol. The van der Waals surface area contributed by atoms with Crippen LogP contribution in [-0.2, 0) is 21.2 Å². The normalized spacial score (nSPS) is 19.6. The molecule has 11 rings (SSSR count). The summed E-state index contributed by atoms with van der Waals surface area (Å²) in [7, 11) is 0.665. The maximum Gasteiger partial charge on any atom is 0.262 e. The summed E-state index contributed by atoms with van der Waals surface area (Å²) in [5.41, 5.74) is 5.57. The Balaban J connectivity index is 0.764. The number of halogens is 2. The average molecular weight is 1040 g/mol. The van der Waals surface area contributed by atoms with Gasteiger partial charge in [-0.1, -0.05) is 11.6 Å². The minimum absolute atomic E-state index is 0.0106. The number of amides is 4. The minimum Gasteiger partial charge on any atom is -0.494 e. The topological polar surface area (TPSA) is 213 Å². The Labute approximate surface area is 431 Å². The van der Waals surface area contributed by atoms with Gasteiger partial charge in [-0.3, -0.25) is 44.0 Å². The van der Waals surface area contributed by atoms with E-state index in [1.54, 1.807) is 43.6 Å². The zero-order chi connectivity index (χ0) is 51.6. The fourth-order valence-corrected chi connectivity index (χ4v) is 13.2. The van der Waals surface area contributed by atoms with Crippen LogP contribution >= 0.6 is 18.7 Å². The van der Waals surface area contributed by atoms with E-state index in [9.17, 15) is 23.7 Å². The van der Waals surface area contributed by atoms with Crippen molar-refractivity contribution in [3.63, 3.8) is 0 Å². The van der Waals surface area contributed by atoms with E-state index < -0.39 is 42.6 Å². The molecule has 5 aliphatic heterocycles. The molecule has 0 radical (unpaired) electrons. The Morgan fingerprint density at radius 3 is 2.31 bits per heavy atom. The molecule has 1 atom stereocenters. The van der Waals surface area contributed by atoms with E-state index in [-0.39, 0.29) is 40.4 Å². The average Bonchev–Trinajstić information content (AvgIpc) is 3.93. The van der Waals surface area contributed by atoms with Gasteiger partial charge in [-0.05, 0) is 107 Å². The molecule has 4 fully saturated rings. The van der Waals surface area contributed by atoms with Crippen molar-refractivity contribution in [3.8, 4) is 16.9 Å². The summed E-state index contributed by atoms with van der Waals surface area (Å²) in [6.07, 6.45) is 14.3. The minimum atomic E-state index is -2.86. The van der Waals surface area contributed by atoms with Gasteiger partial charge in [0, 0.05) is 87.2 Å². The van der Waals surface area contributed by atoms with Gasteiger partial charge in [0.05, 0.1) is 58.5 Å². The number of benzene rings is 3. The molecule has 1 spiro atoms. The van der Waals surface area contributed by atoms with E-state index in [4.69, 9.17) is 21.3 Å². The highest BCUT2D eigenvalue weighted by atomic mass is 35.5. The highest BCUT2D eigenvalue weighted by molar-refractivity contribution is 7.71. The van der Waals surface area contributed by atoms with Crippen LogP contribution in [0, 0.1) is 11.2 Å². The first-order chi connectivity index (χ1) is 35.6. The molecule has 74 heavy (non-hydrogen) atoms. The van der Waals surface area contributed by atoms with Crippen LogP contribution in [0.2, 0.25) is 5.02 Å². The van der Waals surface area contributed by atoms with E-state index in [0.717, 1.165) is 92.5 Å². The SMILES string of the molecule is COc1cc(N2CCC(N3CCC4(CCCN(c5cc6c(cc5F)C(=O)N([C@H]5CCC(=O)NC5=O)C6=O)C4)CC3)CC2)c(-c2cnn(C)c2)cc1Nc1ncc(Cl)c(Nc2ccc3nccnc3c2P(C)(C)=O)n1. The lowest BCUT2D eigenvalue weighted by molar-refractivity contribution is -0.136. The molecule has 0 saturated carbocycles. The van der Waals surface area contributed by atoms with Crippen molar-refractivity contribution >= 4 is 93.2 Å². The van der Waals surface area contributed by atoms with Crippen molar-refractivity contribution in [2.75, 3.05) is 80.1 Å². The third-order valence-corrected chi connectivity index (χ3v) is 17.2. The largest absolute Gasteiger partial charge is 0.494 e. The first-order valence-corrected chi connectivity index (χ1v) is 27.9. The van der Waals surface area contributed by atoms with Gasteiger partial charge in [-0.25, -0.2) is 9.37 Å². The molecule has 4 amide bonds. The number of methoxy groups -OCH3 is 1. The Hall–Kier alpha value is -7.02. The maximum absolute atomic E-state index is 16.0. The summed E-state index contributed by atoms with van der Waals surface area (Å²) in [5.74, 6) is -1.92. The Kier molecular flexibility index (Phi) is 12.9. The second kappa shape index (κ2) is 19.4.